The molecule has 0 bridgehead atoms. The van der Waals surface area contributed by atoms with Crippen LogP contribution < -0.4 is 10.1 Å². The van der Waals surface area contributed by atoms with Crippen LogP contribution in [0.25, 0.3) is 11.5 Å². The van der Waals surface area contributed by atoms with E-state index in [4.69, 9.17) is 9.15 Å². The minimum Gasteiger partial charge on any atom is -0.481 e. The van der Waals surface area contributed by atoms with Crippen molar-refractivity contribution in [3.63, 3.8) is 0 Å². The van der Waals surface area contributed by atoms with Crippen LogP contribution in [0.15, 0.2) is 59.1 Å². The second kappa shape index (κ2) is 7.86. The van der Waals surface area contributed by atoms with Crippen LogP contribution in [0, 0.1) is 6.92 Å². The summed E-state index contributed by atoms with van der Waals surface area (Å²) in [5.41, 5.74) is 1.92. The van der Waals surface area contributed by atoms with Crippen molar-refractivity contribution in [3.05, 3.63) is 66.1 Å². The summed E-state index contributed by atoms with van der Waals surface area (Å²) in [6.45, 7) is 4.96. The van der Waals surface area contributed by atoms with Crippen LogP contribution >= 0.6 is 0 Å². The van der Waals surface area contributed by atoms with Crippen molar-refractivity contribution < 1.29 is 18.7 Å². The highest BCUT2D eigenvalue weighted by molar-refractivity contribution is 5.95. The number of hydrogen-bond donors (Lipinski definition) is 1. The van der Waals surface area contributed by atoms with Crippen molar-refractivity contribution in [2.75, 3.05) is 5.32 Å². The normalized spacial score (nSPS) is 11.7. The number of benzene rings is 2. The van der Waals surface area contributed by atoms with Crippen molar-refractivity contribution >= 4 is 17.4 Å². The van der Waals surface area contributed by atoms with Gasteiger partial charge in [0.05, 0.1) is 6.20 Å². The second-order valence-electron chi connectivity index (χ2n) is 6.19. The van der Waals surface area contributed by atoms with Crippen LogP contribution in [0.1, 0.15) is 30.0 Å². The summed E-state index contributed by atoms with van der Waals surface area (Å²) in [7, 11) is 0. The number of aromatic nitrogens is 1. The van der Waals surface area contributed by atoms with Gasteiger partial charge < -0.3 is 14.5 Å². The van der Waals surface area contributed by atoms with Crippen molar-refractivity contribution in [1.29, 1.82) is 0 Å². The zero-order valence-electron chi connectivity index (χ0n) is 15.4. The number of ether oxygens (including phenoxy) is 1. The maximum Gasteiger partial charge on any atom is 0.265 e. The smallest absolute Gasteiger partial charge is 0.265 e. The fourth-order valence-electron chi connectivity index (χ4n) is 2.51. The molecule has 0 radical (unpaired) electrons. The number of aryl methyl sites for hydroxylation is 1. The van der Waals surface area contributed by atoms with Gasteiger partial charge in [0.2, 0.25) is 5.89 Å². The minimum atomic E-state index is -0.736. The molecule has 27 heavy (non-hydrogen) atoms. The molecule has 6 heteroatoms. The Hall–Kier alpha value is -3.41. The highest BCUT2D eigenvalue weighted by Gasteiger charge is 2.16. The number of carbonyl (C=O) groups excluding carboxylic acids is 2. The first-order valence-corrected chi connectivity index (χ1v) is 8.54. The largest absolute Gasteiger partial charge is 0.481 e. The maximum atomic E-state index is 12.4. The number of rotatable bonds is 6. The molecule has 1 unspecified atom stereocenters. The maximum absolute atomic E-state index is 12.4. The Morgan fingerprint density at radius 2 is 1.93 bits per heavy atom. The summed E-state index contributed by atoms with van der Waals surface area (Å²) in [4.78, 5) is 28.1. The number of oxazole rings is 1. The van der Waals surface area contributed by atoms with Gasteiger partial charge in [0.1, 0.15) is 11.5 Å². The van der Waals surface area contributed by atoms with Gasteiger partial charge in [-0.05, 0) is 51.1 Å². The van der Waals surface area contributed by atoms with E-state index < -0.39 is 6.10 Å². The van der Waals surface area contributed by atoms with Gasteiger partial charge in [0.25, 0.3) is 5.91 Å². The second-order valence-corrected chi connectivity index (χ2v) is 6.19. The average molecular weight is 364 g/mol. The number of anilines is 1. The van der Waals surface area contributed by atoms with Crippen LogP contribution in [-0.4, -0.2) is 22.8 Å². The third kappa shape index (κ3) is 4.61. The standard InChI is InChI=1S/C21H20N2O4/c1-13-12-22-21(26-13)17-7-4-8-18(10-17)23-20(25)15(3)27-19-9-5-6-16(11-19)14(2)24/h4-12,15H,1-3H3,(H,23,25). The number of nitrogens with zero attached hydrogens (tertiary/aromatic N) is 1. The van der Waals surface area contributed by atoms with E-state index in [1.807, 2.05) is 19.1 Å². The monoisotopic (exact) mass is 364 g/mol. The molecule has 1 N–H and O–H groups in total. The average Bonchev–Trinajstić information content (AvgIpc) is 3.08. The lowest BCUT2D eigenvalue weighted by Gasteiger charge is -2.15. The van der Waals surface area contributed by atoms with E-state index >= 15 is 0 Å². The molecule has 0 saturated carbocycles. The minimum absolute atomic E-state index is 0.0591. The zero-order valence-corrected chi connectivity index (χ0v) is 15.4. The molecule has 6 nitrogen and oxygen atoms in total. The highest BCUT2D eigenvalue weighted by atomic mass is 16.5. The Kier molecular flexibility index (Phi) is 5.35. The number of Topliss-reactive ketones (excluding diaryl/α,β-unsaturated/α-hetero) is 1. The number of amides is 1. The first kappa shape index (κ1) is 18.4. The molecule has 1 atom stereocenters. The molecular formula is C21H20N2O4. The number of nitrogens with one attached hydrogen (secondary N) is 1. The van der Waals surface area contributed by atoms with Gasteiger partial charge in [-0.1, -0.05) is 18.2 Å². The van der Waals surface area contributed by atoms with E-state index in [1.165, 1.54) is 6.92 Å². The van der Waals surface area contributed by atoms with E-state index in [0.717, 1.165) is 5.56 Å². The van der Waals surface area contributed by atoms with Crippen molar-refractivity contribution in [3.8, 4) is 17.2 Å². The number of carbonyl (C=O) groups is 2. The highest BCUT2D eigenvalue weighted by Crippen LogP contribution is 2.23. The van der Waals surface area contributed by atoms with E-state index in [1.54, 1.807) is 49.5 Å². The Balaban J connectivity index is 1.68. The molecule has 0 aliphatic rings. The Morgan fingerprint density at radius 1 is 1.15 bits per heavy atom. The third-order valence-corrected chi connectivity index (χ3v) is 3.92. The van der Waals surface area contributed by atoms with Crippen molar-refractivity contribution in [1.82, 2.24) is 4.98 Å². The van der Waals surface area contributed by atoms with E-state index in [2.05, 4.69) is 10.3 Å². The topological polar surface area (TPSA) is 81.4 Å². The lowest BCUT2D eigenvalue weighted by Crippen LogP contribution is -2.30. The molecular weight excluding hydrogens is 344 g/mol. The molecule has 0 aliphatic carbocycles. The molecule has 1 amide bonds. The van der Waals surface area contributed by atoms with Gasteiger partial charge in [-0.3, -0.25) is 9.59 Å². The van der Waals surface area contributed by atoms with Crippen molar-refractivity contribution in [2.45, 2.75) is 26.9 Å². The van der Waals surface area contributed by atoms with Gasteiger partial charge in [0, 0.05) is 16.8 Å². The van der Waals surface area contributed by atoms with Gasteiger partial charge in [-0.2, -0.15) is 0 Å². The molecule has 0 aliphatic heterocycles. The SMILES string of the molecule is CC(=O)c1cccc(OC(C)C(=O)Nc2cccc(-c3ncc(C)o3)c2)c1. The van der Waals surface area contributed by atoms with Crippen LogP contribution in [0.4, 0.5) is 5.69 Å². The summed E-state index contributed by atoms with van der Waals surface area (Å²) in [5, 5.41) is 2.82. The lowest BCUT2D eigenvalue weighted by molar-refractivity contribution is -0.122. The lowest BCUT2D eigenvalue weighted by atomic mass is 10.1. The zero-order chi connectivity index (χ0) is 19.4. The Bertz CT molecular complexity index is 978. The summed E-state index contributed by atoms with van der Waals surface area (Å²) < 4.78 is 11.2. The van der Waals surface area contributed by atoms with Crippen LogP contribution in [0.5, 0.6) is 5.75 Å². The molecule has 3 aromatic rings. The van der Waals surface area contributed by atoms with E-state index in [9.17, 15) is 9.59 Å². The first-order valence-electron chi connectivity index (χ1n) is 8.54. The summed E-state index contributed by atoms with van der Waals surface area (Å²) in [5.74, 6) is 1.32. The van der Waals surface area contributed by atoms with Crippen LogP contribution in [0.3, 0.4) is 0 Å². The quantitative estimate of drug-likeness (QED) is 0.661. The first-order chi connectivity index (χ1) is 12.9. The molecule has 0 saturated heterocycles. The number of hydrogen-bond acceptors (Lipinski definition) is 5. The molecule has 1 aromatic heterocycles. The van der Waals surface area contributed by atoms with Gasteiger partial charge >= 0.3 is 0 Å². The van der Waals surface area contributed by atoms with E-state index in [0.29, 0.717) is 28.7 Å². The van der Waals surface area contributed by atoms with Crippen LogP contribution in [-0.2, 0) is 4.79 Å². The van der Waals surface area contributed by atoms with E-state index in [-0.39, 0.29) is 11.7 Å². The van der Waals surface area contributed by atoms with Gasteiger partial charge in [-0.25, -0.2) is 4.98 Å². The predicted octanol–water partition coefficient (Wildman–Crippen LogP) is 4.26. The molecule has 3 rings (SSSR count). The number of ketones is 1. The van der Waals surface area contributed by atoms with Crippen LogP contribution in [0.2, 0.25) is 0 Å². The summed E-state index contributed by atoms with van der Waals surface area (Å²) in [6, 6.07) is 14.0. The van der Waals surface area contributed by atoms with Crippen molar-refractivity contribution in [2.24, 2.45) is 0 Å². The molecule has 1 heterocycles. The Labute approximate surface area is 157 Å². The fraction of sp³-hybridized carbons (Fsp3) is 0.190. The fourth-order valence-corrected chi connectivity index (χ4v) is 2.51. The molecule has 138 valence electrons. The summed E-state index contributed by atoms with van der Waals surface area (Å²) in [6.07, 6.45) is 0.908. The predicted molar refractivity (Wildman–Crippen MR) is 102 cm³/mol. The Morgan fingerprint density at radius 3 is 2.63 bits per heavy atom. The molecule has 0 spiro atoms. The summed E-state index contributed by atoms with van der Waals surface area (Å²) >= 11 is 0. The van der Waals surface area contributed by atoms with Gasteiger partial charge in [0.15, 0.2) is 11.9 Å². The molecule has 0 fully saturated rings. The molecule has 2 aromatic carbocycles. The van der Waals surface area contributed by atoms with Gasteiger partial charge in [-0.15, -0.1) is 0 Å². The third-order valence-electron chi connectivity index (χ3n) is 3.92.